The SMILES string of the molecule is CCN=C(/C=C(\C)c1ccc(F)cc1F)C(=O)NC1(CC(=O)NC(C)(C)c2ccccn2)CN(C2CCC(O)CC2)C1. The van der Waals surface area contributed by atoms with Crippen molar-refractivity contribution in [2.75, 3.05) is 19.6 Å². The van der Waals surface area contributed by atoms with Gasteiger partial charge in [-0.25, -0.2) is 8.78 Å². The average molecular weight is 582 g/mol. The standard InChI is InChI=1S/C32H41F2N5O3/c1-5-35-27(16-21(2)25-14-9-22(33)17-26(25)34)30(42)38-32(19-39(20-32)23-10-12-24(40)13-11-23)18-29(41)37-31(3,4)28-8-6-7-15-36-28/h6-9,14-17,23-24,40H,5,10-13,18-20H2,1-4H3,(H,37,41)(H,38,42)/b21-16+,35-27?. The zero-order valence-electron chi connectivity index (χ0n) is 24.8. The monoisotopic (exact) mass is 581 g/mol. The summed E-state index contributed by atoms with van der Waals surface area (Å²) < 4.78 is 27.9. The molecule has 1 saturated heterocycles. The third-order valence-electron chi connectivity index (χ3n) is 8.10. The Kier molecular flexibility index (Phi) is 9.89. The van der Waals surface area contributed by atoms with Crippen molar-refractivity contribution < 1.29 is 23.5 Å². The average Bonchev–Trinajstić information content (AvgIpc) is 2.91. The number of halogens is 2. The largest absolute Gasteiger partial charge is 0.393 e. The molecule has 0 radical (unpaired) electrons. The maximum absolute atomic E-state index is 14.4. The van der Waals surface area contributed by atoms with Gasteiger partial charge in [-0.15, -0.1) is 0 Å². The van der Waals surface area contributed by atoms with Gasteiger partial charge in [-0.1, -0.05) is 6.07 Å². The molecule has 3 N–H and O–H groups in total. The van der Waals surface area contributed by atoms with Crippen LogP contribution in [-0.4, -0.2) is 69.8 Å². The fourth-order valence-corrected chi connectivity index (χ4v) is 5.89. The lowest BCUT2D eigenvalue weighted by Crippen LogP contribution is -2.73. The van der Waals surface area contributed by atoms with Crippen molar-refractivity contribution in [1.82, 2.24) is 20.5 Å². The zero-order valence-corrected chi connectivity index (χ0v) is 24.8. The van der Waals surface area contributed by atoms with Crippen LogP contribution >= 0.6 is 0 Å². The number of aliphatic imine (C=N–C) groups is 1. The maximum atomic E-state index is 14.4. The zero-order chi connectivity index (χ0) is 30.5. The normalized spacial score (nSPS) is 21.4. The van der Waals surface area contributed by atoms with Gasteiger partial charge in [0.1, 0.15) is 17.3 Å². The Morgan fingerprint density at radius 2 is 1.88 bits per heavy atom. The van der Waals surface area contributed by atoms with E-state index in [1.807, 2.05) is 32.0 Å². The Morgan fingerprint density at radius 3 is 2.50 bits per heavy atom. The molecule has 1 aliphatic carbocycles. The summed E-state index contributed by atoms with van der Waals surface area (Å²) in [6, 6.07) is 9.11. The van der Waals surface area contributed by atoms with E-state index in [4.69, 9.17) is 0 Å². The first-order chi connectivity index (χ1) is 19.9. The van der Waals surface area contributed by atoms with Gasteiger partial charge >= 0.3 is 0 Å². The van der Waals surface area contributed by atoms with Gasteiger partial charge in [0.05, 0.1) is 29.3 Å². The number of allylic oxidation sites excluding steroid dienone is 1. The summed E-state index contributed by atoms with van der Waals surface area (Å²) >= 11 is 0. The maximum Gasteiger partial charge on any atom is 0.269 e. The number of carbonyl (C=O) groups excluding carboxylic acids is 2. The summed E-state index contributed by atoms with van der Waals surface area (Å²) in [5, 5.41) is 16.1. The van der Waals surface area contributed by atoms with Crippen LogP contribution in [0.1, 0.15) is 71.1 Å². The summed E-state index contributed by atoms with van der Waals surface area (Å²) in [6.07, 6.45) is 6.13. The first-order valence-corrected chi connectivity index (χ1v) is 14.6. The molecular weight excluding hydrogens is 540 g/mol. The minimum atomic E-state index is -0.838. The van der Waals surface area contributed by atoms with Crippen molar-refractivity contribution in [2.45, 2.75) is 83.0 Å². The minimum absolute atomic E-state index is 0.0511. The highest BCUT2D eigenvalue weighted by Crippen LogP contribution is 2.33. The quantitative estimate of drug-likeness (QED) is 0.366. The molecule has 0 atom stereocenters. The number of carbonyl (C=O) groups is 2. The van der Waals surface area contributed by atoms with Crippen molar-refractivity contribution in [2.24, 2.45) is 4.99 Å². The van der Waals surface area contributed by atoms with E-state index in [1.165, 1.54) is 18.2 Å². The highest BCUT2D eigenvalue weighted by Gasteiger charge is 2.49. The van der Waals surface area contributed by atoms with Gasteiger partial charge in [0.2, 0.25) is 5.91 Å². The second kappa shape index (κ2) is 13.2. The van der Waals surface area contributed by atoms with Gasteiger partial charge in [-0.2, -0.15) is 0 Å². The first kappa shape index (κ1) is 31.4. The molecule has 2 fully saturated rings. The Labute approximate surface area is 246 Å². The number of nitrogens with zero attached hydrogens (tertiary/aromatic N) is 3. The number of aromatic nitrogens is 1. The van der Waals surface area contributed by atoms with Crippen LogP contribution in [0.5, 0.6) is 0 Å². The van der Waals surface area contributed by atoms with Crippen molar-refractivity contribution in [3.8, 4) is 0 Å². The molecule has 0 bridgehead atoms. The summed E-state index contributed by atoms with van der Waals surface area (Å²) in [7, 11) is 0. The Hall–Kier alpha value is -3.50. The first-order valence-electron chi connectivity index (χ1n) is 14.6. The fourth-order valence-electron chi connectivity index (χ4n) is 5.89. The van der Waals surface area contributed by atoms with Crippen LogP contribution in [0.3, 0.4) is 0 Å². The summed E-state index contributed by atoms with van der Waals surface area (Å²) in [5.41, 5.74) is -0.136. The van der Waals surface area contributed by atoms with Crippen LogP contribution in [0.2, 0.25) is 0 Å². The number of aliphatic hydroxyl groups excluding tert-OH is 1. The van der Waals surface area contributed by atoms with E-state index >= 15 is 0 Å². The molecular formula is C32H41F2N5O3. The van der Waals surface area contributed by atoms with Crippen LogP contribution in [-0.2, 0) is 15.1 Å². The molecule has 226 valence electrons. The van der Waals surface area contributed by atoms with E-state index in [-0.39, 0.29) is 35.7 Å². The van der Waals surface area contributed by atoms with Gasteiger partial charge in [-0.05, 0) is 89.3 Å². The lowest BCUT2D eigenvalue weighted by atomic mass is 9.80. The smallest absolute Gasteiger partial charge is 0.269 e. The van der Waals surface area contributed by atoms with Crippen molar-refractivity contribution >= 4 is 23.1 Å². The summed E-state index contributed by atoms with van der Waals surface area (Å²) in [4.78, 5) is 38.0. The Balaban J connectivity index is 1.53. The lowest BCUT2D eigenvalue weighted by Gasteiger charge is -2.54. The number of likely N-dealkylation sites (tertiary alicyclic amines) is 1. The second-order valence-corrected chi connectivity index (χ2v) is 12.0. The molecule has 1 aromatic heterocycles. The highest BCUT2D eigenvalue weighted by molar-refractivity contribution is 6.44. The number of aliphatic hydroxyl groups is 1. The molecule has 2 heterocycles. The van der Waals surface area contributed by atoms with Crippen molar-refractivity contribution in [3.05, 3.63) is 71.6 Å². The lowest BCUT2D eigenvalue weighted by molar-refractivity contribution is -0.130. The van der Waals surface area contributed by atoms with E-state index in [0.29, 0.717) is 25.2 Å². The molecule has 0 unspecified atom stereocenters. The van der Waals surface area contributed by atoms with Crippen molar-refractivity contribution in [3.63, 3.8) is 0 Å². The number of hydrogen-bond acceptors (Lipinski definition) is 6. The number of hydrogen-bond donors (Lipinski definition) is 3. The molecule has 10 heteroatoms. The van der Waals surface area contributed by atoms with E-state index in [9.17, 15) is 23.5 Å². The Bertz CT molecular complexity index is 1330. The van der Waals surface area contributed by atoms with Gasteiger partial charge in [0, 0.05) is 43.5 Å². The summed E-state index contributed by atoms with van der Waals surface area (Å²) in [5.74, 6) is -2.10. The molecule has 8 nitrogen and oxygen atoms in total. The molecule has 0 spiro atoms. The molecule has 42 heavy (non-hydrogen) atoms. The molecule has 1 saturated carbocycles. The van der Waals surface area contributed by atoms with Crippen LogP contribution in [0.15, 0.2) is 53.7 Å². The van der Waals surface area contributed by atoms with E-state index in [2.05, 4.69) is 25.5 Å². The predicted molar refractivity (Wildman–Crippen MR) is 159 cm³/mol. The highest BCUT2D eigenvalue weighted by atomic mass is 19.1. The topological polar surface area (TPSA) is 107 Å². The summed E-state index contributed by atoms with van der Waals surface area (Å²) in [6.45, 7) is 8.47. The van der Waals surface area contributed by atoms with E-state index in [0.717, 1.165) is 37.4 Å². The van der Waals surface area contributed by atoms with Gasteiger partial charge in [-0.3, -0.25) is 24.5 Å². The third kappa shape index (κ3) is 7.66. The van der Waals surface area contributed by atoms with Crippen LogP contribution in [0, 0.1) is 11.6 Å². The predicted octanol–water partition coefficient (Wildman–Crippen LogP) is 4.14. The fraction of sp³-hybridized carbons (Fsp3) is 0.500. The van der Waals surface area contributed by atoms with Gasteiger partial charge < -0.3 is 15.7 Å². The van der Waals surface area contributed by atoms with Crippen LogP contribution in [0.4, 0.5) is 8.78 Å². The molecule has 1 aliphatic heterocycles. The van der Waals surface area contributed by atoms with E-state index in [1.54, 1.807) is 20.0 Å². The minimum Gasteiger partial charge on any atom is -0.393 e. The molecule has 2 aromatic rings. The van der Waals surface area contributed by atoms with Gasteiger partial charge in [0.15, 0.2) is 0 Å². The molecule has 1 aromatic carbocycles. The van der Waals surface area contributed by atoms with Gasteiger partial charge in [0.25, 0.3) is 5.91 Å². The number of benzene rings is 1. The van der Waals surface area contributed by atoms with Crippen LogP contribution in [0.25, 0.3) is 5.57 Å². The van der Waals surface area contributed by atoms with Crippen molar-refractivity contribution in [1.29, 1.82) is 0 Å². The number of nitrogens with one attached hydrogen (secondary N) is 2. The number of pyridine rings is 1. The Morgan fingerprint density at radius 1 is 1.17 bits per heavy atom. The third-order valence-corrected chi connectivity index (χ3v) is 8.10. The van der Waals surface area contributed by atoms with Crippen LogP contribution < -0.4 is 10.6 Å². The number of amides is 2. The molecule has 2 aliphatic rings. The second-order valence-electron chi connectivity index (χ2n) is 12.0. The molecule has 2 amide bonds. The number of rotatable bonds is 10. The van der Waals surface area contributed by atoms with E-state index < -0.39 is 28.6 Å². The molecule has 4 rings (SSSR count).